The van der Waals surface area contributed by atoms with Crippen LogP contribution in [0.3, 0.4) is 0 Å². The molecular formula is C14H19BrO4. The zero-order valence-electron chi connectivity index (χ0n) is 11.2. The lowest BCUT2D eigenvalue weighted by Crippen LogP contribution is -2.08. The first kappa shape index (κ1) is 16.0. The van der Waals surface area contributed by atoms with E-state index in [2.05, 4.69) is 15.9 Å². The topological polar surface area (TPSA) is 48.1 Å². The maximum Gasteiger partial charge on any atom is 0.305 e. The molecule has 1 fully saturated rings. The molecule has 0 radical (unpaired) electrons. The van der Waals surface area contributed by atoms with Crippen LogP contribution >= 0.6 is 15.9 Å². The molecule has 0 saturated carbocycles. The van der Waals surface area contributed by atoms with Crippen LogP contribution in [0.15, 0.2) is 28.7 Å². The van der Waals surface area contributed by atoms with Gasteiger partial charge >= 0.3 is 5.97 Å². The molecule has 106 valence electrons. The van der Waals surface area contributed by atoms with E-state index >= 15 is 0 Å². The maximum atomic E-state index is 10.7. The number of ether oxygens (including phenoxy) is 3. The molecule has 0 N–H and O–H groups in total. The van der Waals surface area contributed by atoms with Crippen LogP contribution in [0.5, 0.6) is 5.75 Å². The van der Waals surface area contributed by atoms with Gasteiger partial charge in [0.25, 0.3) is 0 Å². The van der Waals surface area contributed by atoms with Gasteiger partial charge in [0.15, 0.2) is 0 Å². The largest absolute Gasteiger partial charge is 0.497 e. The van der Waals surface area contributed by atoms with Crippen LogP contribution in [0.1, 0.15) is 19.8 Å². The molecule has 1 saturated heterocycles. The van der Waals surface area contributed by atoms with Crippen molar-refractivity contribution in [1.82, 2.24) is 0 Å². The lowest BCUT2D eigenvalue weighted by Gasteiger charge is -1.99. The fourth-order valence-electron chi connectivity index (χ4n) is 1.20. The Labute approximate surface area is 122 Å². The Kier molecular flexibility index (Phi) is 7.52. The van der Waals surface area contributed by atoms with Gasteiger partial charge in [-0.05, 0) is 30.7 Å². The van der Waals surface area contributed by atoms with Crippen molar-refractivity contribution in [3.63, 3.8) is 0 Å². The zero-order chi connectivity index (χ0) is 14.1. The van der Waals surface area contributed by atoms with Crippen molar-refractivity contribution in [3.05, 3.63) is 28.7 Å². The molecule has 5 heteroatoms. The normalized spacial score (nSPS) is 16.1. The van der Waals surface area contributed by atoms with E-state index in [1.54, 1.807) is 7.11 Å². The average Bonchev–Trinajstić information content (AvgIpc) is 3.23. The molecule has 0 amide bonds. The van der Waals surface area contributed by atoms with E-state index in [1.165, 1.54) is 0 Å². The number of hydrogen-bond acceptors (Lipinski definition) is 4. The van der Waals surface area contributed by atoms with Crippen LogP contribution in [-0.4, -0.2) is 32.4 Å². The average molecular weight is 331 g/mol. The third-order valence-corrected chi connectivity index (χ3v) is 2.86. The number of hydrogen-bond donors (Lipinski definition) is 0. The minimum atomic E-state index is -0.113. The van der Waals surface area contributed by atoms with Crippen LogP contribution in [0.25, 0.3) is 0 Å². The number of benzene rings is 1. The molecule has 0 aromatic heterocycles. The first-order chi connectivity index (χ1) is 9.15. The van der Waals surface area contributed by atoms with E-state index in [-0.39, 0.29) is 12.1 Å². The molecule has 1 aromatic rings. The highest BCUT2D eigenvalue weighted by atomic mass is 79.9. The van der Waals surface area contributed by atoms with Gasteiger partial charge < -0.3 is 14.2 Å². The third kappa shape index (κ3) is 7.85. The Balaban J connectivity index is 0.000000191. The fourth-order valence-corrected chi connectivity index (χ4v) is 1.46. The zero-order valence-corrected chi connectivity index (χ0v) is 12.8. The van der Waals surface area contributed by atoms with Crippen molar-refractivity contribution in [3.8, 4) is 5.75 Å². The molecule has 0 bridgehead atoms. The minimum absolute atomic E-state index is 0.113. The highest BCUT2D eigenvalue weighted by molar-refractivity contribution is 9.10. The van der Waals surface area contributed by atoms with E-state index < -0.39 is 0 Å². The first-order valence-corrected chi connectivity index (χ1v) is 7.01. The first-order valence-electron chi connectivity index (χ1n) is 6.22. The monoisotopic (exact) mass is 330 g/mol. The standard InChI is InChI=1S/C7H7BrO.C7H12O3/c1-9-7-4-2-6(8)3-5-7;1-2-3-7(8)10-5-6-4-9-6/h2-5H,1H3;6H,2-5H2,1H3. The Morgan fingerprint density at radius 1 is 1.42 bits per heavy atom. The minimum Gasteiger partial charge on any atom is -0.497 e. The molecule has 1 aliphatic heterocycles. The molecule has 2 rings (SSSR count). The van der Waals surface area contributed by atoms with Gasteiger partial charge in [0.05, 0.1) is 13.7 Å². The molecule has 1 aromatic carbocycles. The number of epoxide rings is 1. The summed E-state index contributed by atoms with van der Waals surface area (Å²) in [5.41, 5.74) is 0. The number of rotatable bonds is 5. The van der Waals surface area contributed by atoms with Crippen LogP contribution in [0.4, 0.5) is 0 Å². The molecule has 1 unspecified atom stereocenters. The van der Waals surface area contributed by atoms with Crippen LogP contribution < -0.4 is 4.74 Å². The molecule has 1 aliphatic rings. The summed E-state index contributed by atoms with van der Waals surface area (Å²) >= 11 is 3.32. The summed E-state index contributed by atoms with van der Waals surface area (Å²) in [4.78, 5) is 10.7. The van der Waals surface area contributed by atoms with Crippen LogP contribution in [0, 0.1) is 0 Å². The SMILES string of the molecule is CCCC(=O)OCC1CO1.COc1ccc(Br)cc1. The number of carbonyl (C=O) groups excluding carboxylic acids is 1. The van der Waals surface area contributed by atoms with Crippen molar-refractivity contribution in [2.24, 2.45) is 0 Å². The Hall–Kier alpha value is -1.07. The Bertz CT molecular complexity index is 374. The summed E-state index contributed by atoms with van der Waals surface area (Å²) in [6.45, 7) is 3.15. The highest BCUT2D eigenvalue weighted by Crippen LogP contribution is 2.14. The van der Waals surface area contributed by atoms with Gasteiger partial charge in [-0.25, -0.2) is 0 Å². The smallest absolute Gasteiger partial charge is 0.305 e. The van der Waals surface area contributed by atoms with Gasteiger partial charge in [-0.2, -0.15) is 0 Å². The predicted octanol–water partition coefficient (Wildman–Crippen LogP) is 3.19. The second-order valence-corrected chi connectivity index (χ2v) is 4.96. The van der Waals surface area contributed by atoms with E-state index in [0.717, 1.165) is 23.2 Å². The fraction of sp³-hybridized carbons (Fsp3) is 0.500. The lowest BCUT2D eigenvalue weighted by atomic mass is 10.3. The maximum absolute atomic E-state index is 10.7. The number of methoxy groups -OCH3 is 1. The van der Waals surface area contributed by atoms with Crippen molar-refractivity contribution < 1.29 is 19.0 Å². The summed E-state index contributed by atoms with van der Waals surface area (Å²) in [6, 6.07) is 7.70. The second kappa shape index (κ2) is 8.93. The summed E-state index contributed by atoms with van der Waals surface area (Å²) in [6.07, 6.45) is 1.57. The van der Waals surface area contributed by atoms with Crippen molar-refractivity contribution in [2.45, 2.75) is 25.9 Å². The van der Waals surface area contributed by atoms with E-state index in [1.807, 2.05) is 31.2 Å². The number of halogens is 1. The predicted molar refractivity (Wildman–Crippen MR) is 76.3 cm³/mol. The lowest BCUT2D eigenvalue weighted by molar-refractivity contribution is -0.144. The third-order valence-electron chi connectivity index (χ3n) is 2.34. The van der Waals surface area contributed by atoms with Gasteiger partial charge in [-0.15, -0.1) is 0 Å². The van der Waals surface area contributed by atoms with Gasteiger partial charge in [-0.1, -0.05) is 22.9 Å². The summed E-state index contributed by atoms with van der Waals surface area (Å²) in [5, 5.41) is 0. The van der Waals surface area contributed by atoms with Crippen LogP contribution in [-0.2, 0) is 14.3 Å². The van der Waals surface area contributed by atoms with Gasteiger partial charge in [-0.3, -0.25) is 4.79 Å². The summed E-state index contributed by atoms with van der Waals surface area (Å²) < 4.78 is 15.7. The van der Waals surface area contributed by atoms with E-state index in [4.69, 9.17) is 14.2 Å². The second-order valence-electron chi connectivity index (χ2n) is 4.05. The van der Waals surface area contributed by atoms with E-state index in [0.29, 0.717) is 13.0 Å². The molecule has 1 heterocycles. The van der Waals surface area contributed by atoms with Gasteiger partial charge in [0, 0.05) is 10.9 Å². The van der Waals surface area contributed by atoms with Crippen LogP contribution in [0.2, 0.25) is 0 Å². The van der Waals surface area contributed by atoms with Crippen molar-refractivity contribution in [1.29, 1.82) is 0 Å². The Morgan fingerprint density at radius 2 is 2.05 bits per heavy atom. The highest BCUT2D eigenvalue weighted by Gasteiger charge is 2.23. The molecule has 0 spiro atoms. The molecule has 4 nitrogen and oxygen atoms in total. The number of carbonyl (C=O) groups is 1. The van der Waals surface area contributed by atoms with Gasteiger partial charge in [0.2, 0.25) is 0 Å². The quantitative estimate of drug-likeness (QED) is 0.614. The molecular weight excluding hydrogens is 312 g/mol. The number of esters is 1. The van der Waals surface area contributed by atoms with Gasteiger partial charge in [0.1, 0.15) is 18.5 Å². The summed E-state index contributed by atoms with van der Waals surface area (Å²) in [5.74, 6) is 0.774. The Morgan fingerprint density at radius 3 is 2.53 bits per heavy atom. The van der Waals surface area contributed by atoms with Crippen molar-refractivity contribution >= 4 is 21.9 Å². The van der Waals surface area contributed by atoms with E-state index in [9.17, 15) is 4.79 Å². The molecule has 0 aliphatic carbocycles. The molecule has 19 heavy (non-hydrogen) atoms. The summed E-state index contributed by atoms with van der Waals surface area (Å²) in [7, 11) is 1.66. The van der Waals surface area contributed by atoms with Crippen molar-refractivity contribution in [2.75, 3.05) is 20.3 Å². The molecule has 1 atom stereocenters.